The van der Waals surface area contributed by atoms with E-state index < -0.39 is 0 Å². The molecule has 0 amide bonds. The van der Waals surface area contributed by atoms with E-state index in [1.165, 1.54) is 17.5 Å². The molecule has 1 aliphatic rings. The van der Waals surface area contributed by atoms with Gasteiger partial charge in [-0.05, 0) is 67.1 Å². The van der Waals surface area contributed by atoms with E-state index in [1.807, 2.05) is 20.8 Å². The van der Waals surface area contributed by atoms with Crippen LogP contribution >= 0.6 is 0 Å². The number of rotatable bonds is 15. The zero-order valence-electron chi connectivity index (χ0n) is 25.6. The van der Waals surface area contributed by atoms with E-state index in [2.05, 4.69) is 46.8 Å². The van der Waals surface area contributed by atoms with Crippen LogP contribution in [-0.4, -0.2) is 23.1 Å². The highest BCUT2D eigenvalue weighted by Gasteiger charge is 2.34. The molecule has 214 valence electrons. The number of hydrogen-bond acceptors (Lipinski definition) is 4. The molecule has 0 aromatic heterocycles. The number of hydrogen-bond donors (Lipinski definition) is 0. The summed E-state index contributed by atoms with van der Waals surface area (Å²) in [6, 6.07) is 4.25. The molecule has 0 aliphatic heterocycles. The number of benzene rings is 1. The molecule has 0 heterocycles. The highest BCUT2D eigenvalue weighted by Crippen LogP contribution is 2.39. The molecule has 0 bridgehead atoms. The van der Waals surface area contributed by atoms with Crippen LogP contribution in [-0.2, 0) is 20.8 Å². The van der Waals surface area contributed by atoms with Crippen molar-refractivity contribution in [2.75, 3.05) is 0 Å². The van der Waals surface area contributed by atoms with Gasteiger partial charge >= 0.3 is 0 Å². The molecule has 4 heteroatoms. The first-order valence-electron chi connectivity index (χ1n) is 15.3. The number of carbonyl (C=O) groups is 4. The summed E-state index contributed by atoms with van der Waals surface area (Å²) in [5.74, 6) is 1.05. The first-order valence-corrected chi connectivity index (χ1v) is 15.3. The highest BCUT2D eigenvalue weighted by atomic mass is 16.2. The Morgan fingerprint density at radius 2 is 1.58 bits per heavy atom. The van der Waals surface area contributed by atoms with E-state index in [0.29, 0.717) is 38.0 Å². The van der Waals surface area contributed by atoms with E-state index in [9.17, 15) is 19.2 Å². The SMILES string of the molecule is CCC.CCCC(CC1CC(=O)c2c(C)ccc(C(C)C)c2C1)C(CC)C(=O)CC(=O)CCCC(=O)CC. The van der Waals surface area contributed by atoms with Gasteiger partial charge in [-0.3, -0.25) is 19.2 Å². The van der Waals surface area contributed by atoms with Gasteiger partial charge in [0.1, 0.15) is 17.3 Å². The third-order valence-electron chi connectivity index (χ3n) is 7.82. The monoisotopic (exact) mass is 526 g/mol. The van der Waals surface area contributed by atoms with Crippen molar-refractivity contribution in [2.45, 2.75) is 138 Å². The molecule has 2 rings (SSSR count). The van der Waals surface area contributed by atoms with Crippen LogP contribution in [0.15, 0.2) is 12.1 Å². The second-order valence-electron chi connectivity index (χ2n) is 11.6. The molecule has 3 atom stereocenters. The van der Waals surface area contributed by atoms with Gasteiger partial charge < -0.3 is 0 Å². The predicted molar refractivity (Wildman–Crippen MR) is 158 cm³/mol. The maximum absolute atomic E-state index is 13.2. The summed E-state index contributed by atoms with van der Waals surface area (Å²) in [6.45, 7) is 16.7. The van der Waals surface area contributed by atoms with Crippen molar-refractivity contribution in [1.82, 2.24) is 0 Å². The van der Waals surface area contributed by atoms with Crippen LogP contribution in [0.2, 0.25) is 0 Å². The molecular weight excluding hydrogens is 472 g/mol. The summed E-state index contributed by atoms with van der Waals surface area (Å²) >= 11 is 0. The lowest BCUT2D eigenvalue weighted by atomic mass is 9.71. The fourth-order valence-electron chi connectivity index (χ4n) is 6.00. The highest BCUT2D eigenvalue weighted by molar-refractivity contribution is 6.01. The first kappa shape index (κ1) is 33.9. The van der Waals surface area contributed by atoms with Crippen molar-refractivity contribution in [3.8, 4) is 0 Å². The molecule has 0 saturated carbocycles. The Hall–Kier alpha value is -2.10. The Morgan fingerprint density at radius 3 is 2.13 bits per heavy atom. The van der Waals surface area contributed by atoms with Crippen LogP contribution in [0.25, 0.3) is 0 Å². The lowest BCUT2D eigenvalue weighted by Gasteiger charge is -2.33. The molecule has 0 fully saturated rings. The molecule has 4 nitrogen and oxygen atoms in total. The number of Topliss-reactive ketones (excluding diaryl/α,β-unsaturated/α-hetero) is 4. The van der Waals surface area contributed by atoms with E-state index in [-0.39, 0.29) is 47.3 Å². The van der Waals surface area contributed by atoms with E-state index in [0.717, 1.165) is 43.2 Å². The Balaban J connectivity index is 0.00000229. The second-order valence-corrected chi connectivity index (χ2v) is 11.6. The Kier molecular flexibility index (Phi) is 15.6. The molecule has 0 saturated heterocycles. The summed E-state index contributed by atoms with van der Waals surface area (Å²) in [6.07, 6.45) is 7.91. The molecule has 38 heavy (non-hydrogen) atoms. The summed E-state index contributed by atoms with van der Waals surface area (Å²) in [7, 11) is 0. The van der Waals surface area contributed by atoms with Crippen LogP contribution in [0.3, 0.4) is 0 Å². The smallest absolute Gasteiger partial charge is 0.163 e. The number of ketones is 4. The number of fused-ring (bicyclic) bond motifs is 1. The van der Waals surface area contributed by atoms with Crippen molar-refractivity contribution >= 4 is 23.1 Å². The molecular formula is C34H54O4. The van der Waals surface area contributed by atoms with Crippen molar-refractivity contribution in [3.05, 3.63) is 34.4 Å². The van der Waals surface area contributed by atoms with E-state index in [1.54, 1.807) is 0 Å². The number of aryl methyl sites for hydroxylation is 1. The van der Waals surface area contributed by atoms with E-state index >= 15 is 0 Å². The first-order chi connectivity index (χ1) is 18.0. The summed E-state index contributed by atoms with van der Waals surface area (Å²) in [5, 5.41) is 0. The average molecular weight is 527 g/mol. The molecule has 3 unspecified atom stereocenters. The van der Waals surface area contributed by atoms with Gasteiger partial charge in [0.25, 0.3) is 0 Å². The minimum absolute atomic E-state index is 0.0256. The molecule has 0 radical (unpaired) electrons. The zero-order valence-corrected chi connectivity index (χ0v) is 25.6. The predicted octanol–water partition coefficient (Wildman–Crippen LogP) is 8.79. The normalized spacial score (nSPS) is 16.3. The van der Waals surface area contributed by atoms with Gasteiger partial charge in [0.05, 0.1) is 6.42 Å². The third-order valence-corrected chi connectivity index (χ3v) is 7.82. The third kappa shape index (κ3) is 10.2. The summed E-state index contributed by atoms with van der Waals surface area (Å²) in [4.78, 5) is 50.3. The minimum Gasteiger partial charge on any atom is -0.300 e. The quantitative estimate of drug-likeness (QED) is 0.214. The molecule has 0 N–H and O–H groups in total. The van der Waals surface area contributed by atoms with Crippen LogP contribution in [0, 0.1) is 24.7 Å². The summed E-state index contributed by atoms with van der Waals surface area (Å²) in [5.41, 5.74) is 4.48. The fourth-order valence-corrected chi connectivity index (χ4v) is 6.00. The van der Waals surface area contributed by atoms with Gasteiger partial charge in [-0.2, -0.15) is 0 Å². The van der Waals surface area contributed by atoms with Crippen LogP contribution in [0.1, 0.15) is 152 Å². The largest absolute Gasteiger partial charge is 0.300 e. The van der Waals surface area contributed by atoms with Crippen LogP contribution < -0.4 is 0 Å². The average Bonchev–Trinajstić information content (AvgIpc) is 2.84. The molecule has 0 spiro atoms. The zero-order chi connectivity index (χ0) is 28.8. The molecule has 1 aromatic carbocycles. The Labute approximate surface area is 232 Å². The molecule has 1 aliphatic carbocycles. The Bertz CT molecular complexity index is 927. The van der Waals surface area contributed by atoms with Gasteiger partial charge in [0.15, 0.2) is 5.78 Å². The van der Waals surface area contributed by atoms with Crippen molar-refractivity contribution < 1.29 is 19.2 Å². The van der Waals surface area contributed by atoms with Crippen molar-refractivity contribution in [3.63, 3.8) is 0 Å². The topological polar surface area (TPSA) is 68.3 Å². The lowest BCUT2D eigenvalue weighted by Crippen LogP contribution is -2.30. The van der Waals surface area contributed by atoms with Gasteiger partial charge in [-0.1, -0.05) is 79.9 Å². The summed E-state index contributed by atoms with van der Waals surface area (Å²) < 4.78 is 0. The van der Waals surface area contributed by atoms with Crippen LogP contribution in [0.4, 0.5) is 0 Å². The van der Waals surface area contributed by atoms with Crippen molar-refractivity contribution in [2.24, 2.45) is 17.8 Å². The molecule has 1 aromatic rings. The fraction of sp³-hybridized carbons (Fsp3) is 0.706. The maximum Gasteiger partial charge on any atom is 0.163 e. The maximum atomic E-state index is 13.2. The Morgan fingerprint density at radius 1 is 0.947 bits per heavy atom. The standard InChI is InChI=1S/C31H46O4.C3H8/c1-7-11-23(26(9-3)29(34)19-25(33)13-10-12-24(32)8-2)16-22-17-28-27(20(4)5)15-14-21(6)31(28)30(35)18-22;1-3-2/h14-15,20,22-23,26H,7-13,16-19H2,1-6H3;3H2,1-2H3. The van der Waals surface area contributed by atoms with E-state index in [4.69, 9.17) is 0 Å². The van der Waals surface area contributed by atoms with Gasteiger partial charge in [-0.15, -0.1) is 0 Å². The lowest BCUT2D eigenvalue weighted by molar-refractivity contribution is -0.130. The van der Waals surface area contributed by atoms with Gasteiger partial charge in [0, 0.05) is 37.2 Å². The van der Waals surface area contributed by atoms with Gasteiger partial charge in [0.2, 0.25) is 0 Å². The van der Waals surface area contributed by atoms with Gasteiger partial charge in [-0.25, -0.2) is 0 Å². The van der Waals surface area contributed by atoms with Crippen LogP contribution in [0.5, 0.6) is 0 Å². The van der Waals surface area contributed by atoms with Crippen molar-refractivity contribution in [1.29, 1.82) is 0 Å². The number of carbonyl (C=O) groups excluding carboxylic acids is 4. The second kappa shape index (κ2) is 17.5. The minimum atomic E-state index is -0.144.